The molecule has 0 bridgehead atoms. The Morgan fingerprint density at radius 2 is 1.72 bits per heavy atom. The maximum Gasteiger partial charge on any atom is 0.323 e. The molecule has 0 atom stereocenters. The van der Waals surface area contributed by atoms with Crippen LogP contribution in [-0.4, -0.2) is 73.0 Å². The van der Waals surface area contributed by atoms with Gasteiger partial charge in [0.15, 0.2) is 0 Å². The lowest BCUT2D eigenvalue weighted by atomic mass is 10.1. The minimum absolute atomic E-state index is 0. The van der Waals surface area contributed by atoms with E-state index >= 15 is 0 Å². The molecule has 1 saturated heterocycles. The molecular formula is C18H24ClN3O6S. The highest BCUT2D eigenvalue weighted by atomic mass is 35.5. The van der Waals surface area contributed by atoms with E-state index in [0.29, 0.717) is 11.3 Å². The van der Waals surface area contributed by atoms with Crippen molar-refractivity contribution in [1.82, 2.24) is 9.80 Å². The van der Waals surface area contributed by atoms with Crippen molar-refractivity contribution < 1.29 is 27.9 Å². The number of imide groups is 1. The molecule has 2 aliphatic heterocycles. The van der Waals surface area contributed by atoms with E-state index in [-0.39, 0.29) is 35.0 Å². The fraction of sp³-hybridized carbons (Fsp3) is 0.500. The smallest absolute Gasteiger partial charge is 0.323 e. The molecule has 9 nitrogen and oxygen atoms in total. The number of hydrogen-bond donors (Lipinski definition) is 2. The van der Waals surface area contributed by atoms with Gasteiger partial charge in [-0.2, -0.15) is 0 Å². The quantitative estimate of drug-likeness (QED) is 0.579. The number of amides is 2. The molecule has 3 rings (SSSR count). The molecule has 1 fully saturated rings. The summed E-state index contributed by atoms with van der Waals surface area (Å²) in [6.45, 7) is 1.99. The van der Waals surface area contributed by atoms with Gasteiger partial charge < -0.3 is 10.0 Å². The van der Waals surface area contributed by atoms with Gasteiger partial charge in [-0.05, 0) is 57.1 Å². The predicted octanol–water partition coefficient (Wildman–Crippen LogP) is 1.41. The fourth-order valence-electron chi connectivity index (χ4n) is 3.52. The molecule has 2 N–H and O–H groups in total. The lowest BCUT2D eigenvalue weighted by molar-refractivity contribution is -0.137. The van der Waals surface area contributed by atoms with Crippen LogP contribution in [0, 0.1) is 0 Å². The summed E-state index contributed by atoms with van der Waals surface area (Å²) in [6, 6.07) is 4.01. The average molecular weight is 446 g/mol. The zero-order valence-corrected chi connectivity index (χ0v) is 17.4. The highest BCUT2D eigenvalue weighted by molar-refractivity contribution is 7.92. The van der Waals surface area contributed by atoms with Gasteiger partial charge >= 0.3 is 5.97 Å². The van der Waals surface area contributed by atoms with Gasteiger partial charge in [-0.15, -0.1) is 12.4 Å². The third kappa shape index (κ3) is 5.68. The summed E-state index contributed by atoms with van der Waals surface area (Å²) in [5.74, 6) is -2.78. The van der Waals surface area contributed by atoms with Gasteiger partial charge in [0.1, 0.15) is 6.54 Å². The largest absolute Gasteiger partial charge is 0.480 e. The molecule has 2 amide bonds. The number of anilines is 1. The van der Waals surface area contributed by atoms with E-state index < -0.39 is 34.4 Å². The average Bonchev–Trinajstić information content (AvgIpc) is 2.86. The molecule has 1 aromatic rings. The molecule has 0 aliphatic carbocycles. The first-order chi connectivity index (χ1) is 13.3. The minimum Gasteiger partial charge on any atom is -0.480 e. The van der Waals surface area contributed by atoms with Gasteiger partial charge in [-0.1, -0.05) is 6.42 Å². The van der Waals surface area contributed by atoms with Crippen LogP contribution in [0.5, 0.6) is 0 Å². The second-order valence-electron chi connectivity index (χ2n) is 7.03. The van der Waals surface area contributed by atoms with Crippen molar-refractivity contribution in [1.29, 1.82) is 0 Å². The first-order valence-electron chi connectivity index (χ1n) is 9.22. The van der Waals surface area contributed by atoms with Gasteiger partial charge in [0, 0.05) is 5.69 Å². The van der Waals surface area contributed by atoms with Gasteiger partial charge in [-0.25, -0.2) is 8.42 Å². The number of carbonyl (C=O) groups excluding carboxylic acids is 2. The number of fused-ring (bicyclic) bond motifs is 1. The molecule has 0 spiro atoms. The van der Waals surface area contributed by atoms with Crippen molar-refractivity contribution in [2.45, 2.75) is 25.7 Å². The van der Waals surface area contributed by atoms with Crippen molar-refractivity contribution in [3.05, 3.63) is 29.3 Å². The maximum atomic E-state index is 12.3. The number of carboxylic acid groups (broad SMARTS) is 1. The van der Waals surface area contributed by atoms with Gasteiger partial charge in [-0.3, -0.25) is 24.0 Å². The zero-order valence-electron chi connectivity index (χ0n) is 15.8. The van der Waals surface area contributed by atoms with Crippen LogP contribution in [0.1, 0.15) is 46.4 Å². The van der Waals surface area contributed by atoms with Crippen LogP contribution in [0.4, 0.5) is 5.69 Å². The highest BCUT2D eigenvalue weighted by Crippen LogP contribution is 2.26. The first kappa shape index (κ1) is 23.1. The summed E-state index contributed by atoms with van der Waals surface area (Å²) in [7, 11) is -3.60. The number of hydrogen-bond acceptors (Lipinski definition) is 6. The lowest BCUT2D eigenvalue weighted by Gasteiger charge is -2.26. The zero-order chi connectivity index (χ0) is 20.3. The van der Waals surface area contributed by atoms with E-state index in [1.807, 2.05) is 0 Å². The summed E-state index contributed by atoms with van der Waals surface area (Å²) < 4.78 is 27.1. The molecule has 29 heavy (non-hydrogen) atoms. The number of nitrogens with one attached hydrogen (secondary N) is 1. The number of carbonyl (C=O) groups is 3. The Hall–Kier alpha value is -2.17. The molecule has 2 aliphatic rings. The fourth-order valence-corrected chi connectivity index (χ4v) is 4.62. The summed E-state index contributed by atoms with van der Waals surface area (Å²) in [5, 5.41) is 8.83. The normalized spacial score (nSPS) is 17.0. The van der Waals surface area contributed by atoms with Crippen LogP contribution in [0.2, 0.25) is 0 Å². The number of halogens is 1. The van der Waals surface area contributed by atoms with E-state index in [1.54, 1.807) is 0 Å². The molecule has 11 heteroatoms. The SMILES string of the molecule is Cl.O=C(O)CN1C(=O)c2ccc(NS(=O)(=O)CCCN3CCCCC3)cc2C1=O. The van der Waals surface area contributed by atoms with Crippen LogP contribution in [0.25, 0.3) is 0 Å². The third-order valence-electron chi connectivity index (χ3n) is 4.87. The van der Waals surface area contributed by atoms with Crippen LogP contribution in [-0.2, 0) is 14.8 Å². The number of piperidine rings is 1. The lowest BCUT2D eigenvalue weighted by Crippen LogP contribution is -2.34. The monoisotopic (exact) mass is 445 g/mol. The van der Waals surface area contributed by atoms with Crippen molar-refractivity contribution in [3.8, 4) is 0 Å². The summed E-state index contributed by atoms with van der Waals surface area (Å²) in [4.78, 5) is 38.1. The summed E-state index contributed by atoms with van der Waals surface area (Å²) in [5.41, 5.74) is 0.245. The number of carboxylic acids is 1. The number of sulfonamides is 1. The Labute approximate surface area is 175 Å². The van der Waals surface area contributed by atoms with E-state index in [4.69, 9.17) is 5.11 Å². The van der Waals surface area contributed by atoms with Crippen LogP contribution in [0.3, 0.4) is 0 Å². The van der Waals surface area contributed by atoms with Crippen molar-refractivity contribution in [3.63, 3.8) is 0 Å². The number of rotatable bonds is 8. The molecule has 0 unspecified atom stereocenters. The predicted molar refractivity (Wildman–Crippen MR) is 109 cm³/mol. The Morgan fingerprint density at radius 1 is 1.07 bits per heavy atom. The van der Waals surface area contributed by atoms with E-state index in [1.165, 1.54) is 24.6 Å². The van der Waals surface area contributed by atoms with Crippen LogP contribution >= 0.6 is 12.4 Å². The topological polar surface area (TPSA) is 124 Å². The second kappa shape index (κ2) is 9.55. The molecular weight excluding hydrogens is 422 g/mol. The van der Waals surface area contributed by atoms with Crippen molar-refractivity contribution >= 4 is 45.9 Å². The molecule has 160 valence electrons. The third-order valence-corrected chi connectivity index (χ3v) is 6.25. The highest BCUT2D eigenvalue weighted by Gasteiger charge is 2.37. The molecule has 2 heterocycles. The summed E-state index contributed by atoms with van der Waals surface area (Å²) >= 11 is 0. The standard InChI is InChI=1S/C18H23N3O6S.ClH/c22-16(23)12-21-17(24)14-6-5-13(11-15(14)18(21)25)19-28(26,27)10-4-9-20-7-2-1-3-8-20;/h5-6,11,19H,1-4,7-10,12H2,(H,22,23);1H. The first-order valence-corrected chi connectivity index (χ1v) is 10.9. The minimum atomic E-state index is -3.60. The second-order valence-corrected chi connectivity index (χ2v) is 8.87. The van der Waals surface area contributed by atoms with Crippen molar-refractivity contribution in [2.75, 3.05) is 36.7 Å². The Morgan fingerprint density at radius 3 is 2.38 bits per heavy atom. The van der Waals surface area contributed by atoms with Crippen LogP contribution < -0.4 is 4.72 Å². The number of nitrogens with zero attached hydrogens (tertiary/aromatic N) is 2. The molecule has 1 aromatic carbocycles. The van der Waals surface area contributed by atoms with Crippen molar-refractivity contribution in [2.24, 2.45) is 0 Å². The number of likely N-dealkylation sites (tertiary alicyclic amines) is 1. The Balaban J connectivity index is 0.00000300. The van der Waals surface area contributed by atoms with E-state index in [0.717, 1.165) is 32.5 Å². The van der Waals surface area contributed by atoms with Gasteiger partial charge in [0.2, 0.25) is 10.0 Å². The Bertz CT molecular complexity index is 899. The number of benzene rings is 1. The summed E-state index contributed by atoms with van der Waals surface area (Å²) in [6.07, 6.45) is 4.02. The van der Waals surface area contributed by atoms with Gasteiger partial charge in [0.05, 0.1) is 16.9 Å². The maximum absolute atomic E-state index is 12.3. The van der Waals surface area contributed by atoms with E-state index in [9.17, 15) is 22.8 Å². The Kier molecular flexibility index (Phi) is 7.61. The molecule has 0 radical (unpaired) electrons. The number of aliphatic carboxylic acids is 1. The van der Waals surface area contributed by atoms with E-state index in [2.05, 4.69) is 9.62 Å². The van der Waals surface area contributed by atoms with Gasteiger partial charge in [0.25, 0.3) is 11.8 Å². The molecule has 0 saturated carbocycles. The molecule has 0 aromatic heterocycles. The van der Waals surface area contributed by atoms with Crippen LogP contribution in [0.15, 0.2) is 18.2 Å².